The van der Waals surface area contributed by atoms with Crippen LogP contribution >= 0.6 is 11.6 Å². The molecule has 1 aliphatic rings. The molecule has 0 bridgehead atoms. The summed E-state index contributed by atoms with van der Waals surface area (Å²) in [6.45, 7) is 6.82. The Bertz CT molecular complexity index is 654. The second-order valence-electron chi connectivity index (χ2n) is 6.87. The normalized spacial score (nSPS) is 15.1. The summed E-state index contributed by atoms with van der Waals surface area (Å²) in [6, 6.07) is 4.28. The topological polar surface area (TPSA) is 90.3 Å². The summed E-state index contributed by atoms with van der Waals surface area (Å²) in [6.07, 6.45) is -0.400. The van der Waals surface area contributed by atoms with Crippen LogP contribution in [-0.4, -0.2) is 70.7 Å². The van der Waals surface area contributed by atoms with Crippen molar-refractivity contribution in [3.63, 3.8) is 0 Å². The van der Waals surface area contributed by atoms with Crippen molar-refractivity contribution < 1.29 is 24.4 Å². The Morgan fingerprint density at radius 2 is 1.68 bits per heavy atom. The maximum atomic E-state index is 12.6. The van der Waals surface area contributed by atoms with E-state index in [1.807, 2.05) is 0 Å². The zero-order valence-electron chi connectivity index (χ0n) is 14.5. The van der Waals surface area contributed by atoms with Gasteiger partial charge in [0, 0.05) is 26.2 Å². The fourth-order valence-electron chi connectivity index (χ4n) is 2.46. The van der Waals surface area contributed by atoms with Crippen molar-refractivity contribution in [2.75, 3.05) is 26.2 Å². The number of piperazine rings is 1. The Hall–Kier alpha value is -1.77. The average molecular weight is 369 g/mol. The Labute approximate surface area is 152 Å². The van der Waals surface area contributed by atoms with Gasteiger partial charge in [0.2, 0.25) is 0 Å². The molecule has 136 valence electrons. The van der Waals surface area contributed by atoms with Crippen LogP contribution in [0.3, 0.4) is 0 Å². The first kappa shape index (κ1) is 19.6. The maximum Gasteiger partial charge on any atom is 0.488 e. The minimum atomic E-state index is -1.67. The van der Waals surface area contributed by atoms with E-state index in [0.29, 0.717) is 26.2 Å². The molecule has 1 heterocycles. The van der Waals surface area contributed by atoms with Crippen molar-refractivity contribution in [1.82, 2.24) is 9.80 Å². The number of amides is 2. The Morgan fingerprint density at radius 3 is 2.20 bits per heavy atom. The predicted molar refractivity (Wildman–Crippen MR) is 95.0 cm³/mol. The molecule has 1 aliphatic heterocycles. The molecule has 9 heteroatoms. The zero-order valence-corrected chi connectivity index (χ0v) is 15.3. The van der Waals surface area contributed by atoms with Crippen molar-refractivity contribution in [3.8, 4) is 0 Å². The maximum absolute atomic E-state index is 12.6. The third-order valence-corrected chi connectivity index (χ3v) is 4.07. The number of halogens is 1. The van der Waals surface area contributed by atoms with E-state index in [-0.39, 0.29) is 22.0 Å². The van der Waals surface area contributed by atoms with Gasteiger partial charge in [0.05, 0.1) is 10.6 Å². The first-order valence-corrected chi connectivity index (χ1v) is 8.39. The third-order valence-electron chi connectivity index (χ3n) is 3.74. The van der Waals surface area contributed by atoms with Crippen LogP contribution in [0.5, 0.6) is 0 Å². The van der Waals surface area contributed by atoms with Gasteiger partial charge in [-0.15, -0.1) is 0 Å². The largest absolute Gasteiger partial charge is 0.488 e. The SMILES string of the molecule is CC(C)(C)OC(=O)N1CCN(C(=O)c2cc(B(O)O)ccc2Cl)CC1. The second kappa shape index (κ2) is 7.64. The average Bonchev–Trinajstić information content (AvgIpc) is 2.53. The van der Waals surface area contributed by atoms with Crippen LogP contribution in [0.25, 0.3) is 0 Å². The Balaban J connectivity index is 2.02. The standard InChI is InChI=1S/C16H22BClN2O5/c1-16(2,3)25-15(22)20-8-6-19(7-9-20)14(21)12-10-11(17(23)24)4-5-13(12)18/h4-5,10,23-24H,6-9H2,1-3H3. The van der Waals surface area contributed by atoms with Crippen LogP contribution in [-0.2, 0) is 4.74 Å². The van der Waals surface area contributed by atoms with Gasteiger partial charge in [-0.2, -0.15) is 0 Å². The number of nitrogens with zero attached hydrogens (tertiary/aromatic N) is 2. The lowest BCUT2D eigenvalue weighted by Gasteiger charge is -2.35. The second-order valence-corrected chi connectivity index (χ2v) is 7.28. The molecule has 0 atom stereocenters. The van der Waals surface area contributed by atoms with Gasteiger partial charge in [-0.05, 0) is 38.4 Å². The number of rotatable bonds is 2. The van der Waals surface area contributed by atoms with E-state index in [0.717, 1.165) is 0 Å². The third kappa shape index (κ3) is 5.10. The quantitative estimate of drug-likeness (QED) is 0.751. The van der Waals surface area contributed by atoms with E-state index < -0.39 is 18.8 Å². The predicted octanol–water partition coefficient (Wildman–Crippen LogP) is 0.713. The highest BCUT2D eigenvalue weighted by molar-refractivity contribution is 6.58. The summed E-state index contributed by atoms with van der Waals surface area (Å²) in [5, 5.41) is 18.7. The fourth-order valence-corrected chi connectivity index (χ4v) is 2.65. The van der Waals surface area contributed by atoms with Gasteiger partial charge in [0.25, 0.3) is 5.91 Å². The van der Waals surface area contributed by atoms with Crippen molar-refractivity contribution in [1.29, 1.82) is 0 Å². The fraction of sp³-hybridized carbons (Fsp3) is 0.500. The summed E-state index contributed by atoms with van der Waals surface area (Å²) in [5.41, 5.74) is -0.165. The summed E-state index contributed by atoms with van der Waals surface area (Å²) in [7, 11) is -1.67. The van der Waals surface area contributed by atoms with E-state index in [9.17, 15) is 19.6 Å². The van der Waals surface area contributed by atoms with Crippen molar-refractivity contribution in [3.05, 3.63) is 28.8 Å². The van der Waals surface area contributed by atoms with Crippen LogP contribution in [0.1, 0.15) is 31.1 Å². The molecule has 0 aromatic heterocycles. The first-order chi connectivity index (χ1) is 11.6. The number of hydrogen-bond acceptors (Lipinski definition) is 5. The van der Waals surface area contributed by atoms with E-state index in [1.165, 1.54) is 18.2 Å². The van der Waals surface area contributed by atoms with Crippen molar-refractivity contribution in [2.45, 2.75) is 26.4 Å². The van der Waals surface area contributed by atoms with E-state index in [4.69, 9.17) is 16.3 Å². The Kier molecular flexibility index (Phi) is 5.97. The molecule has 2 rings (SSSR count). The van der Waals surface area contributed by atoms with Gasteiger partial charge >= 0.3 is 13.2 Å². The highest BCUT2D eigenvalue weighted by atomic mass is 35.5. The molecule has 0 spiro atoms. The molecule has 7 nitrogen and oxygen atoms in total. The van der Waals surface area contributed by atoms with Crippen molar-refractivity contribution >= 4 is 36.2 Å². The molecule has 2 N–H and O–H groups in total. The summed E-state index contributed by atoms with van der Waals surface area (Å²) in [5.74, 6) is -0.309. The molecule has 1 fully saturated rings. The van der Waals surface area contributed by atoms with Gasteiger partial charge in [-0.25, -0.2) is 4.79 Å². The molecule has 0 saturated carbocycles. The molecule has 25 heavy (non-hydrogen) atoms. The molecule has 0 unspecified atom stereocenters. The number of ether oxygens (including phenoxy) is 1. The highest BCUT2D eigenvalue weighted by Gasteiger charge is 2.29. The van der Waals surface area contributed by atoms with Gasteiger partial charge < -0.3 is 24.6 Å². The first-order valence-electron chi connectivity index (χ1n) is 8.01. The summed E-state index contributed by atoms with van der Waals surface area (Å²) < 4.78 is 5.33. The highest BCUT2D eigenvalue weighted by Crippen LogP contribution is 2.18. The molecule has 2 amide bonds. The van der Waals surface area contributed by atoms with Crippen molar-refractivity contribution in [2.24, 2.45) is 0 Å². The van der Waals surface area contributed by atoms with Crippen LogP contribution in [0.15, 0.2) is 18.2 Å². The molecule has 1 saturated heterocycles. The summed E-state index contributed by atoms with van der Waals surface area (Å²) >= 11 is 6.07. The van der Waals surface area contributed by atoms with Crippen LogP contribution < -0.4 is 5.46 Å². The van der Waals surface area contributed by atoms with Crippen LogP contribution in [0.2, 0.25) is 5.02 Å². The Morgan fingerprint density at radius 1 is 1.12 bits per heavy atom. The van der Waals surface area contributed by atoms with Gasteiger partial charge in [-0.3, -0.25) is 4.79 Å². The van der Waals surface area contributed by atoms with E-state index in [1.54, 1.807) is 30.6 Å². The number of hydrogen-bond donors (Lipinski definition) is 2. The zero-order chi connectivity index (χ0) is 18.8. The monoisotopic (exact) mass is 368 g/mol. The van der Waals surface area contributed by atoms with Gasteiger partial charge in [0.15, 0.2) is 0 Å². The number of benzene rings is 1. The summed E-state index contributed by atoms with van der Waals surface area (Å²) in [4.78, 5) is 27.8. The minimum absolute atomic E-state index is 0.195. The molecule has 0 radical (unpaired) electrons. The van der Waals surface area contributed by atoms with Gasteiger partial charge in [-0.1, -0.05) is 17.7 Å². The lowest BCUT2D eigenvalue weighted by molar-refractivity contribution is 0.0141. The number of carbonyl (C=O) groups is 2. The molecular weight excluding hydrogens is 346 g/mol. The molecule has 1 aromatic carbocycles. The van der Waals surface area contributed by atoms with E-state index >= 15 is 0 Å². The molecular formula is C16H22BClN2O5. The van der Waals surface area contributed by atoms with Gasteiger partial charge in [0.1, 0.15) is 5.60 Å². The van der Waals surface area contributed by atoms with Crippen LogP contribution in [0.4, 0.5) is 4.79 Å². The molecule has 0 aliphatic carbocycles. The lowest BCUT2D eigenvalue weighted by Crippen LogP contribution is -2.51. The van der Waals surface area contributed by atoms with E-state index in [2.05, 4.69) is 0 Å². The molecule has 1 aromatic rings. The van der Waals surface area contributed by atoms with Crippen LogP contribution in [0, 0.1) is 0 Å². The smallest absolute Gasteiger partial charge is 0.444 e. The number of carbonyl (C=O) groups excluding carboxylic acids is 2. The minimum Gasteiger partial charge on any atom is -0.444 e. The lowest BCUT2D eigenvalue weighted by atomic mass is 9.79.